The van der Waals surface area contributed by atoms with Gasteiger partial charge in [-0.25, -0.2) is 0 Å². The number of benzene rings is 2. The first kappa shape index (κ1) is 11.7. The van der Waals surface area contributed by atoms with Gasteiger partial charge in [0, 0.05) is 0 Å². The van der Waals surface area contributed by atoms with Crippen molar-refractivity contribution in [3.63, 3.8) is 0 Å². The normalized spacial score (nSPS) is 10.7. The molecule has 0 radical (unpaired) electrons. The molecule has 1 heterocycles. The molecule has 0 saturated heterocycles. The van der Waals surface area contributed by atoms with Gasteiger partial charge in [0.2, 0.25) is 0 Å². The summed E-state index contributed by atoms with van der Waals surface area (Å²) in [6, 6.07) is 16.4. The molecule has 0 aliphatic heterocycles. The van der Waals surface area contributed by atoms with Gasteiger partial charge in [-0.2, -0.15) is 0 Å². The third-order valence-electron chi connectivity index (χ3n) is 2.78. The van der Waals surface area contributed by atoms with Gasteiger partial charge < -0.3 is 0 Å². The standard InChI is InChI=1S/C14H11NOSSe/c1-16-11-7-8-13-12(9-11)14(17)15(18-13)10-5-3-2-4-6-10/h2-9H,1H3. The van der Waals surface area contributed by atoms with Crippen LogP contribution < -0.4 is 4.74 Å². The second-order valence-corrected chi connectivity index (χ2v) is 6.35. The molecule has 0 N–H and O–H groups in total. The van der Waals surface area contributed by atoms with E-state index in [1.54, 1.807) is 7.11 Å². The Morgan fingerprint density at radius 2 is 1.89 bits per heavy atom. The monoisotopic (exact) mass is 321 g/mol. The van der Waals surface area contributed by atoms with E-state index in [9.17, 15) is 0 Å². The van der Waals surface area contributed by atoms with Crippen LogP contribution in [0.3, 0.4) is 0 Å². The number of hydrogen-bond donors (Lipinski definition) is 0. The van der Waals surface area contributed by atoms with Crippen LogP contribution in [0, 0.1) is 4.64 Å². The summed E-state index contributed by atoms with van der Waals surface area (Å²) >= 11 is 5.79. The van der Waals surface area contributed by atoms with Crippen molar-refractivity contribution in [2.45, 2.75) is 0 Å². The number of para-hydroxylation sites is 1. The van der Waals surface area contributed by atoms with E-state index in [4.69, 9.17) is 17.0 Å². The van der Waals surface area contributed by atoms with Crippen LogP contribution in [0.2, 0.25) is 0 Å². The maximum atomic E-state index is 5.57. The van der Waals surface area contributed by atoms with Gasteiger partial charge in [-0.3, -0.25) is 0 Å². The fourth-order valence-electron chi connectivity index (χ4n) is 1.87. The zero-order valence-corrected chi connectivity index (χ0v) is 12.3. The summed E-state index contributed by atoms with van der Waals surface area (Å²) in [5, 5.41) is 1.13. The number of nitrogens with zero attached hydrogens (tertiary/aromatic N) is 1. The summed E-state index contributed by atoms with van der Waals surface area (Å²) in [5.41, 5.74) is 1.16. The Kier molecular flexibility index (Phi) is 3.08. The van der Waals surface area contributed by atoms with E-state index in [1.165, 1.54) is 4.26 Å². The van der Waals surface area contributed by atoms with Crippen molar-refractivity contribution in [1.29, 1.82) is 0 Å². The molecule has 2 aromatic carbocycles. The van der Waals surface area contributed by atoms with Crippen molar-refractivity contribution in [1.82, 2.24) is 3.56 Å². The number of fused-ring (bicyclic) bond motifs is 1. The van der Waals surface area contributed by atoms with Gasteiger partial charge in [-0.1, -0.05) is 0 Å². The molecule has 0 fully saturated rings. The van der Waals surface area contributed by atoms with Crippen molar-refractivity contribution in [2.75, 3.05) is 7.11 Å². The molecule has 0 spiro atoms. The number of methoxy groups -OCH3 is 1. The van der Waals surface area contributed by atoms with Gasteiger partial charge >= 0.3 is 117 Å². The summed E-state index contributed by atoms with van der Waals surface area (Å²) in [5.74, 6) is 0.863. The molecule has 3 rings (SSSR count). The number of hydrogen-bond acceptors (Lipinski definition) is 2. The predicted octanol–water partition coefficient (Wildman–Crippen LogP) is 3.43. The molecule has 0 amide bonds. The number of rotatable bonds is 2. The summed E-state index contributed by atoms with van der Waals surface area (Å²) in [6.07, 6.45) is 0. The van der Waals surface area contributed by atoms with E-state index in [1.807, 2.05) is 30.3 Å². The molecule has 1 aromatic heterocycles. The Bertz CT molecular complexity index is 745. The average molecular weight is 320 g/mol. The third-order valence-corrected chi connectivity index (χ3v) is 5.81. The molecular weight excluding hydrogens is 309 g/mol. The van der Waals surface area contributed by atoms with E-state index < -0.39 is 0 Å². The summed E-state index contributed by atoms with van der Waals surface area (Å²) < 4.78 is 9.69. The van der Waals surface area contributed by atoms with Gasteiger partial charge in [-0.05, 0) is 0 Å². The average Bonchev–Trinajstić information content (AvgIpc) is 2.77. The quantitative estimate of drug-likeness (QED) is 0.530. The molecule has 0 atom stereocenters. The summed E-state index contributed by atoms with van der Waals surface area (Å²) in [4.78, 5) is 0. The Balaban J connectivity index is 2.27. The van der Waals surface area contributed by atoms with Crippen LogP contribution in [0.1, 0.15) is 0 Å². The topological polar surface area (TPSA) is 14.2 Å². The van der Waals surface area contributed by atoms with Gasteiger partial charge in [0.05, 0.1) is 0 Å². The van der Waals surface area contributed by atoms with Crippen LogP contribution in [0.25, 0.3) is 15.3 Å². The SMILES string of the molecule is COc1ccc2[se]n(-c3ccccc3)c(=S)c2c1. The molecule has 0 aliphatic rings. The van der Waals surface area contributed by atoms with Crippen molar-refractivity contribution in [3.8, 4) is 11.4 Å². The molecule has 0 saturated carbocycles. The van der Waals surface area contributed by atoms with Crippen molar-refractivity contribution in [2.24, 2.45) is 0 Å². The Morgan fingerprint density at radius 1 is 1.11 bits per heavy atom. The zero-order chi connectivity index (χ0) is 12.5. The van der Waals surface area contributed by atoms with Crippen LogP contribution in [0.5, 0.6) is 5.75 Å². The van der Waals surface area contributed by atoms with Crippen LogP contribution in [-0.2, 0) is 0 Å². The van der Waals surface area contributed by atoms with Gasteiger partial charge in [0.15, 0.2) is 0 Å². The predicted molar refractivity (Wildman–Crippen MR) is 77.6 cm³/mol. The van der Waals surface area contributed by atoms with Gasteiger partial charge in [0.1, 0.15) is 0 Å². The molecule has 90 valence electrons. The third kappa shape index (κ3) is 1.93. The Hall–Kier alpha value is -1.35. The molecule has 4 heteroatoms. The van der Waals surface area contributed by atoms with Gasteiger partial charge in [-0.15, -0.1) is 0 Å². The van der Waals surface area contributed by atoms with E-state index in [-0.39, 0.29) is 14.7 Å². The molecule has 18 heavy (non-hydrogen) atoms. The van der Waals surface area contributed by atoms with E-state index in [0.29, 0.717) is 0 Å². The Labute approximate surface area is 116 Å². The van der Waals surface area contributed by atoms with E-state index >= 15 is 0 Å². The second kappa shape index (κ2) is 4.73. The van der Waals surface area contributed by atoms with Crippen molar-refractivity contribution < 1.29 is 4.74 Å². The van der Waals surface area contributed by atoms with E-state index in [0.717, 1.165) is 21.5 Å². The molecule has 2 nitrogen and oxygen atoms in total. The molecule has 0 bridgehead atoms. The second-order valence-electron chi connectivity index (χ2n) is 3.89. The first-order valence-electron chi connectivity index (χ1n) is 5.55. The fraction of sp³-hybridized carbons (Fsp3) is 0.0714. The number of ether oxygens (including phenoxy) is 1. The van der Waals surface area contributed by atoms with Crippen LogP contribution in [-0.4, -0.2) is 25.4 Å². The molecule has 0 unspecified atom stereocenters. The van der Waals surface area contributed by atoms with Crippen LogP contribution >= 0.6 is 12.2 Å². The molecule has 0 aliphatic carbocycles. The minimum absolute atomic E-state index is 0.222. The minimum atomic E-state index is 0.222. The van der Waals surface area contributed by atoms with Gasteiger partial charge in [0.25, 0.3) is 0 Å². The van der Waals surface area contributed by atoms with Crippen LogP contribution in [0.4, 0.5) is 0 Å². The summed E-state index contributed by atoms with van der Waals surface area (Å²) in [6.45, 7) is 0. The molecular formula is C14H11NOSSe. The fourth-order valence-corrected chi connectivity index (χ4v) is 4.55. The first-order chi connectivity index (χ1) is 8.79. The first-order valence-corrected chi connectivity index (χ1v) is 7.58. The summed E-state index contributed by atoms with van der Waals surface area (Å²) in [7, 11) is 1.68. The number of aromatic nitrogens is 1. The zero-order valence-electron chi connectivity index (χ0n) is 9.79. The van der Waals surface area contributed by atoms with Crippen LogP contribution in [0.15, 0.2) is 48.5 Å². The Morgan fingerprint density at radius 3 is 2.61 bits per heavy atom. The van der Waals surface area contributed by atoms with Crippen molar-refractivity contribution in [3.05, 3.63) is 53.2 Å². The molecule has 3 aromatic rings. The maximum absolute atomic E-state index is 5.57. The van der Waals surface area contributed by atoms with E-state index in [2.05, 4.69) is 21.8 Å². The van der Waals surface area contributed by atoms with Crippen molar-refractivity contribution >= 4 is 36.6 Å².